The van der Waals surface area contributed by atoms with Crippen molar-refractivity contribution in [1.82, 2.24) is 4.90 Å². The third-order valence-electron chi connectivity index (χ3n) is 2.96. The van der Waals surface area contributed by atoms with Gasteiger partial charge in [-0.15, -0.1) is 0 Å². The molecule has 2 rings (SSSR count). The summed E-state index contributed by atoms with van der Waals surface area (Å²) in [6.07, 6.45) is 2.91. The van der Waals surface area contributed by atoms with Crippen LogP contribution in [0.4, 0.5) is 10.1 Å². The monoisotopic (exact) mass is 250 g/mol. The fraction of sp³-hybridized carbons (Fsp3) is 0.385. The Morgan fingerprint density at radius 3 is 2.44 bits per heavy atom. The second-order valence-corrected chi connectivity index (χ2v) is 4.29. The molecule has 18 heavy (non-hydrogen) atoms. The first-order valence-corrected chi connectivity index (χ1v) is 6.03. The Balaban J connectivity index is 1.99. The quantitative estimate of drug-likeness (QED) is 0.772. The molecule has 4 nitrogen and oxygen atoms in total. The second-order valence-electron chi connectivity index (χ2n) is 4.29. The molecule has 1 N–H and O–H groups in total. The maximum Gasteiger partial charge on any atom is 0.313 e. The van der Waals surface area contributed by atoms with Crippen molar-refractivity contribution in [2.45, 2.75) is 19.3 Å². The zero-order chi connectivity index (χ0) is 13.0. The van der Waals surface area contributed by atoms with Crippen molar-refractivity contribution in [2.24, 2.45) is 0 Å². The summed E-state index contributed by atoms with van der Waals surface area (Å²) in [5.41, 5.74) is 0.0351. The van der Waals surface area contributed by atoms with E-state index < -0.39 is 17.6 Å². The lowest BCUT2D eigenvalue weighted by molar-refractivity contribution is -0.143. The van der Waals surface area contributed by atoms with E-state index >= 15 is 0 Å². The average Bonchev–Trinajstić information content (AvgIpc) is 2.41. The van der Waals surface area contributed by atoms with Gasteiger partial charge < -0.3 is 10.2 Å². The number of nitrogens with one attached hydrogen (secondary N) is 1. The van der Waals surface area contributed by atoms with Crippen molar-refractivity contribution in [2.75, 3.05) is 18.4 Å². The van der Waals surface area contributed by atoms with Crippen molar-refractivity contribution >= 4 is 17.5 Å². The van der Waals surface area contributed by atoms with Gasteiger partial charge in [0.05, 0.1) is 5.69 Å². The van der Waals surface area contributed by atoms with Crippen molar-refractivity contribution in [3.05, 3.63) is 30.1 Å². The molecule has 0 unspecified atom stereocenters. The minimum Gasteiger partial charge on any atom is -0.334 e. The molecule has 0 saturated carbocycles. The number of carbonyl (C=O) groups is 2. The number of carbonyl (C=O) groups excluding carboxylic acids is 2. The molecule has 0 radical (unpaired) electrons. The maximum atomic E-state index is 13.3. The number of anilines is 1. The Hall–Kier alpha value is -1.91. The number of hydrogen-bond acceptors (Lipinski definition) is 2. The van der Waals surface area contributed by atoms with E-state index in [4.69, 9.17) is 0 Å². The van der Waals surface area contributed by atoms with E-state index in [2.05, 4.69) is 5.32 Å². The van der Waals surface area contributed by atoms with Gasteiger partial charge in [0.1, 0.15) is 5.82 Å². The van der Waals surface area contributed by atoms with Crippen LogP contribution in [0.2, 0.25) is 0 Å². The smallest absolute Gasteiger partial charge is 0.313 e. The van der Waals surface area contributed by atoms with E-state index in [1.54, 1.807) is 6.07 Å². The number of likely N-dealkylation sites (tertiary alicyclic amines) is 1. The number of piperidine rings is 1. The van der Waals surface area contributed by atoms with Gasteiger partial charge >= 0.3 is 11.8 Å². The highest BCUT2D eigenvalue weighted by Crippen LogP contribution is 2.13. The average molecular weight is 250 g/mol. The van der Waals surface area contributed by atoms with E-state index in [1.165, 1.54) is 23.1 Å². The number of hydrogen-bond donors (Lipinski definition) is 1. The molecular weight excluding hydrogens is 235 g/mol. The minimum absolute atomic E-state index is 0.0351. The van der Waals surface area contributed by atoms with Crippen LogP contribution in [0.25, 0.3) is 0 Å². The first kappa shape index (κ1) is 12.5. The van der Waals surface area contributed by atoms with Crippen LogP contribution in [-0.2, 0) is 9.59 Å². The van der Waals surface area contributed by atoms with E-state index in [0.717, 1.165) is 19.3 Å². The highest BCUT2D eigenvalue weighted by molar-refractivity contribution is 6.39. The summed E-state index contributed by atoms with van der Waals surface area (Å²) >= 11 is 0. The molecule has 0 atom stereocenters. The van der Waals surface area contributed by atoms with Crippen LogP contribution in [0.15, 0.2) is 24.3 Å². The zero-order valence-corrected chi connectivity index (χ0v) is 9.99. The Kier molecular flexibility index (Phi) is 3.92. The van der Waals surface area contributed by atoms with Crippen LogP contribution >= 0.6 is 0 Å². The number of benzene rings is 1. The van der Waals surface area contributed by atoms with Crippen LogP contribution in [0.3, 0.4) is 0 Å². The van der Waals surface area contributed by atoms with E-state index in [0.29, 0.717) is 13.1 Å². The molecule has 96 valence electrons. The molecule has 5 heteroatoms. The predicted octanol–water partition coefficient (Wildman–Crippen LogP) is 1.78. The van der Waals surface area contributed by atoms with Gasteiger partial charge in [-0.05, 0) is 31.4 Å². The Morgan fingerprint density at radius 2 is 1.78 bits per heavy atom. The van der Waals surface area contributed by atoms with E-state index in [1.807, 2.05) is 0 Å². The summed E-state index contributed by atoms with van der Waals surface area (Å²) in [7, 11) is 0. The molecular formula is C13H15FN2O2. The third-order valence-corrected chi connectivity index (χ3v) is 2.96. The molecule has 1 aromatic carbocycles. The Morgan fingerprint density at radius 1 is 1.11 bits per heavy atom. The molecule has 2 amide bonds. The summed E-state index contributed by atoms with van der Waals surface area (Å²) in [6, 6.07) is 5.79. The molecule has 1 saturated heterocycles. The first-order chi connectivity index (χ1) is 8.68. The zero-order valence-electron chi connectivity index (χ0n) is 9.99. The van der Waals surface area contributed by atoms with Crippen molar-refractivity contribution in [3.8, 4) is 0 Å². The van der Waals surface area contributed by atoms with Crippen molar-refractivity contribution in [3.63, 3.8) is 0 Å². The van der Waals surface area contributed by atoms with Crippen LogP contribution in [0.5, 0.6) is 0 Å². The van der Waals surface area contributed by atoms with Crippen molar-refractivity contribution < 1.29 is 14.0 Å². The minimum atomic E-state index is -0.776. The van der Waals surface area contributed by atoms with Gasteiger partial charge in [0.2, 0.25) is 0 Å². The second kappa shape index (κ2) is 5.62. The normalized spacial score (nSPS) is 15.3. The Bertz CT molecular complexity index is 456. The highest BCUT2D eigenvalue weighted by atomic mass is 19.1. The molecule has 1 heterocycles. The van der Waals surface area contributed by atoms with Crippen LogP contribution in [-0.4, -0.2) is 29.8 Å². The molecule has 1 aliphatic heterocycles. The largest absolute Gasteiger partial charge is 0.334 e. The summed E-state index contributed by atoms with van der Waals surface area (Å²) < 4.78 is 13.3. The molecule has 0 bridgehead atoms. The lowest BCUT2D eigenvalue weighted by Gasteiger charge is -2.25. The van der Waals surface area contributed by atoms with Gasteiger partial charge in [0.25, 0.3) is 0 Å². The van der Waals surface area contributed by atoms with Gasteiger partial charge in [0, 0.05) is 13.1 Å². The lowest BCUT2D eigenvalue weighted by atomic mass is 10.1. The van der Waals surface area contributed by atoms with E-state index in [-0.39, 0.29) is 5.69 Å². The van der Waals surface area contributed by atoms with Gasteiger partial charge in [-0.3, -0.25) is 9.59 Å². The number of para-hydroxylation sites is 1. The molecule has 1 fully saturated rings. The molecule has 0 spiro atoms. The molecule has 0 aliphatic carbocycles. The van der Waals surface area contributed by atoms with Gasteiger partial charge in [-0.2, -0.15) is 0 Å². The topological polar surface area (TPSA) is 49.4 Å². The van der Waals surface area contributed by atoms with Gasteiger partial charge in [-0.1, -0.05) is 12.1 Å². The first-order valence-electron chi connectivity index (χ1n) is 6.03. The summed E-state index contributed by atoms with van der Waals surface area (Å²) in [5, 5.41) is 2.30. The highest BCUT2D eigenvalue weighted by Gasteiger charge is 2.23. The third kappa shape index (κ3) is 2.85. The van der Waals surface area contributed by atoms with Crippen molar-refractivity contribution in [1.29, 1.82) is 0 Å². The standard InChI is InChI=1S/C13H15FN2O2/c14-10-6-2-3-7-11(10)15-12(17)13(18)16-8-4-1-5-9-16/h2-3,6-7H,1,4-5,8-9H2,(H,15,17). The predicted molar refractivity (Wildman–Crippen MR) is 65.5 cm³/mol. The molecule has 1 aliphatic rings. The summed E-state index contributed by atoms with van der Waals surface area (Å²) in [5.74, 6) is -1.91. The fourth-order valence-electron chi connectivity index (χ4n) is 1.98. The maximum absolute atomic E-state index is 13.3. The van der Waals surface area contributed by atoms with Gasteiger partial charge in [-0.25, -0.2) is 4.39 Å². The SMILES string of the molecule is O=C(Nc1ccccc1F)C(=O)N1CCCCC1. The van der Waals surface area contributed by atoms with Crippen LogP contribution in [0.1, 0.15) is 19.3 Å². The van der Waals surface area contributed by atoms with Crippen LogP contribution < -0.4 is 5.32 Å². The number of nitrogens with zero attached hydrogens (tertiary/aromatic N) is 1. The Labute approximate surface area is 105 Å². The van der Waals surface area contributed by atoms with Gasteiger partial charge in [0.15, 0.2) is 0 Å². The van der Waals surface area contributed by atoms with Crippen LogP contribution in [0, 0.1) is 5.82 Å². The summed E-state index contributed by atoms with van der Waals surface area (Å²) in [4.78, 5) is 25.0. The number of halogens is 1. The number of rotatable bonds is 1. The molecule has 0 aromatic heterocycles. The van der Waals surface area contributed by atoms with E-state index in [9.17, 15) is 14.0 Å². The number of amides is 2. The lowest BCUT2D eigenvalue weighted by Crippen LogP contribution is -2.42. The summed E-state index contributed by atoms with van der Waals surface area (Å²) in [6.45, 7) is 1.20. The fourth-order valence-corrected chi connectivity index (χ4v) is 1.98. The molecule has 1 aromatic rings.